The zero-order valence-corrected chi connectivity index (χ0v) is 12.9. The highest BCUT2D eigenvalue weighted by molar-refractivity contribution is 7.86. The summed E-state index contributed by atoms with van der Waals surface area (Å²) in [5.41, 5.74) is 3.62. The van der Waals surface area contributed by atoms with Gasteiger partial charge in [0.05, 0.1) is 11.5 Å². The van der Waals surface area contributed by atoms with Crippen molar-refractivity contribution in [1.29, 1.82) is 0 Å². The van der Waals surface area contributed by atoms with E-state index in [0.29, 0.717) is 12.0 Å². The number of ether oxygens (including phenoxy) is 1. The van der Waals surface area contributed by atoms with Gasteiger partial charge >= 0.3 is 16.1 Å². The lowest BCUT2D eigenvalue weighted by Crippen LogP contribution is -2.22. The summed E-state index contributed by atoms with van der Waals surface area (Å²) in [4.78, 5) is 11.2. The van der Waals surface area contributed by atoms with Crippen molar-refractivity contribution in [2.45, 2.75) is 25.2 Å². The van der Waals surface area contributed by atoms with Gasteiger partial charge in [0.25, 0.3) is 0 Å². The fourth-order valence-electron chi connectivity index (χ4n) is 1.30. The maximum atomic E-state index is 11.8. The van der Waals surface area contributed by atoms with Crippen molar-refractivity contribution >= 4 is 16.1 Å². The third kappa shape index (κ3) is 6.07. The van der Waals surface area contributed by atoms with Gasteiger partial charge in [0.2, 0.25) is 0 Å². The predicted molar refractivity (Wildman–Crippen MR) is 77.8 cm³/mol. The van der Waals surface area contributed by atoms with Crippen molar-refractivity contribution in [1.82, 2.24) is 5.48 Å². The van der Waals surface area contributed by atoms with Crippen LogP contribution >= 0.6 is 0 Å². The Morgan fingerprint density at radius 1 is 1.29 bits per heavy atom. The molecule has 21 heavy (non-hydrogen) atoms. The Balaban J connectivity index is 2.30. The van der Waals surface area contributed by atoms with Gasteiger partial charge in [0.1, 0.15) is 0 Å². The molecule has 1 N–H and O–H groups in total. The SMILES string of the molecule is C=C(C)C(=O)OCCCNOS(=O)(=O)c1ccc(C)cc1. The Hall–Kier alpha value is -1.70. The van der Waals surface area contributed by atoms with Gasteiger partial charge < -0.3 is 4.74 Å². The molecule has 1 rings (SSSR count). The molecule has 0 fully saturated rings. The van der Waals surface area contributed by atoms with Gasteiger partial charge in [0, 0.05) is 12.1 Å². The molecule has 0 unspecified atom stereocenters. The van der Waals surface area contributed by atoms with Crippen molar-refractivity contribution in [3.05, 3.63) is 42.0 Å². The van der Waals surface area contributed by atoms with Gasteiger partial charge in [-0.1, -0.05) is 24.3 Å². The number of hydrogen-bond acceptors (Lipinski definition) is 6. The van der Waals surface area contributed by atoms with E-state index >= 15 is 0 Å². The number of esters is 1. The Morgan fingerprint density at radius 2 is 1.90 bits per heavy atom. The Morgan fingerprint density at radius 3 is 2.48 bits per heavy atom. The molecule has 0 bridgehead atoms. The quantitative estimate of drug-likeness (QED) is 0.340. The molecule has 0 radical (unpaired) electrons. The van der Waals surface area contributed by atoms with Gasteiger partial charge in [0.15, 0.2) is 0 Å². The number of nitrogens with one attached hydrogen (secondary N) is 1. The number of rotatable bonds is 8. The van der Waals surface area contributed by atoms with Crippen molar-refractivity contribution < 1.29 is 22.2 Å². The lowest BCUT2D eigenvalue weighted by Gasteiger charge is -2.07. The standard InChI is InChI=1S/C14H19NO5S/c1-11(2)14(16)19-10-4-9-15-20-21(17,18)13-7-5-12(3)6-8-13/h5-8,15H,1,4,9-10H2,2-3H3. The summed E-state index contributed by atoms with van der Waals surface area (Å²) in [5, 5.41) is 0. The maximum Gasteiger partial charge on any atom is 0.333 e. The molecule has 1 aromatic rings. The number of hydroxylamine groups is 1. The summed E-state index contributed by atoms with van der Waals surface area (Å²) in [6, 6.07) is 6.32. The van der Waals surface area contributed by atoms with E-state index in [4.69, 9.17) is 4.74 Å². The van der Waals surface area contributed by atoms with Crippen LogP contribution in [0.1, 0.15) is 18.9 Å². The van der Waals surface area contributed by atoms with Gasteiger partial charge in [-0.15, -0.1) is 0 Å². The average Bonchev–Trinajstić information content (AvgIpc) is 2.42. The van der Waals surface area contributed by atoms with Gasteiger partial charge in [-0.25, -0.2) is 4.79 Å². The maximum absolute atomic E-state index is 11.8. The van der Waals surface area contributed by atoms with E-state index in [1.807, 2.05) is 6.92 Å². The fourth-order valence-corrected chi connectivity index (χ4v) is 2.11. The molecule has 116 valence electrons. The van der Waals surface area contributed by atoms with Crippen LogP contribution in [0.25, 0.3) is 0 Å². The highest BCUT2D eigenvalue weighted by Crippen LogP contribution is 2.11. The first-order valence-electron chi connectivity index (χ1n) is 6.38. The van der Waals surface area contributed by atoms with Crippen LogP contribution in [-0.2, 0) is 23.9 Å². The minimum atomic E-state index is -3.83. The predicted octanol–water partition coefficient (Wildman–Crippen LogP) is 1.71. The minimum absolute atomic E-state index is 0.0781. The highest BCUT2D eigenvalue weighted by Gasteiger charge is 2.14. The zero-order chi connectivity index (χ0) is 15.9. The number of carbonyl (C=O) groups is 1. The molecule has 1 aromatic carbocycles. The van der Waals surface area contributed by atoms with E-state index in [-0.39, 0.29) is 18.0 Å². The molecule has 7 heteroatoms. The van der Waals surface area contributed by atoms with E-state index in [9.17, 15) is 13.2 Å². The van der Waals surface area contributed by atoms with E-state index < -0.39 is 16.1 Å². The van der Waals surface area contributed by atoms with Crippen LogP contribution in [0.15, 0.2) is 41.3 Å². The molecule has 0 aromatic heterocycles. The van der Waals surface area contributed by atoms with Crippen molar-refractivity contribution in [3.8, 4) is 0 Å². The third-order valence-electron chi connectivity index (χ3n) is 2.48. The second-order valence-corrected chi connectivity index (χ2v) is 6.06. The molecule has 0 aliphatic heterocycles. The van der Waals surface area contributed by atoms with E-state index in [1.54, 1.807) is 19.1 Å². The van der Waals surface area contributed by atoms with Crippen LogP contribution in [-0.4, -0.2) is 27.5 Å². The smallest absolute Gasteiger partial charge is 0.333 e. The first kappa shape index (κ1) is 17.4. The summed E-state index contributed by atoms with van der Waals surface area (Å²) in [6.07, 6.45) is 0.419. The fraction of sp³-hybridized carbons (Fsp3) is 0.357. The van der Waals surface area contributed by atoms with E-state index in [2.05, 4.69) is 16.3 Å². The van der Waals surface area contributed by atoms with E-state index in [0.717, 1.165) is 5.56 Å². The number of aryl methyl sites for hydroxylation is 1. The minimum Gasteiger partial charge on any atom is -0.462 e. The molecular weight excluding hydrogens is 294 g/mol. The third-order valence-corrected chi connectivity index (χ3v) is 3.67. The van der Waals surface area contributed by atoms with Crippen LogP contribution in [0.3, 0.4) is 0 Å². The summed E-state index contributed by atoms with van der Waals surface area (Å²) < 4.78 is 33.1. The molecule has 6 nitrogen and oxygen atoms in total. The molecule has 0 aliphatic rings. The molecule has 0 amide bonds. The second-order valence-electron chi connectivity index (χ2n) is 4.51. The molecule has 0 heterocycles. The Kier molecular flexibility index (Phi) is 6.54. The van der Waals surface area contributed by atoms with Crippen LogP contribution in [0.2, 0.25) is 0 Å². The van der Waals surface area contributed by atoms with Crippen molar-refractivity contribution in [2.75, 3.05) is 13.2 Å². The molecular formula is C14H19NO5S. The molecule has 0 atom stereocenters. The zero-order valence-electron chi connectivity index (χ0n) is 12.1. The largest absolute Gasteiger partial charge is 0.462 e. The first-order chi connectivity index (χ1) is 9.83. The van der Waals surface area contributed by atoms with Crippen LogP contribution in [0.4, 0.5) is 0 Å². The number of carbonyl (C=O) groups excluding carboxylic acids is 1. The first-order valence-corrected chi connectivity index (χ1v) is 7.79. The average molecular weight is 313 g/mol. The Bertz CT molecular complexity index is 592. The van der Waals surface area contributed by atoms with Gasteiger partial charge in [-0.2, -0.15) is 18.2 Å². The second kappa shape index (κ2) is 7.92. The summed E-state index contributed by atoms with van der Waals surface area (Å²) >= 11 is 0. The highest BCUT2D eigenvalue weighted by atomic mass is 32.2. The van der Waals surface area contributed by atoms with Crippen molar-refractivity contribution in [2.24, 2.45) is 0 Å². The molecule has 0 saturated heterocycles. The van der Waals surface area contributed by atoms with Gasteiger partial charge in [-0.05, 0) is 32.4 Å². The molecule has 0 saturated carbocycles. The monoisotopic (exact) mass is 313 g/mol. The lowest BCUT2D eigenvalue weighted by molar-refractivity contribution is -0.139. The summed E-state index contributed by atoms with van der Waals surface area (Å²) in [6.45, 7) is 7.25. The number of hydrogen-bond donors (Lipinski definition) is 1. The van der Waals surface area contributed by atoms with Gasteiger partial charge in [-0.3, -0.25) is 0 Å². The molecule has 0 aliphatic carbocycles. The van der Waals surface area contributed by atoms with Crippen LogP contribution < -0.4 is 5.48 Å². The Labute approximate surface area is 124 Å². The normalized spacial score (nSPS) is 11.1. The van der Waals surface area contributed by atoms with Crippen molar-refractivity contribution in [3.63, 3.8) is 0 Å². The summed E-state index contributed by atoms with van der Waals surface area (Å²) in [5.74, 6) is -0.469. The van der Waals surface area contributed by atoms with Crippen LogP contribution in [0.5, 0.6) is 0 Å². The van der Waals surface area contributed by atoms with E-state index in [1.165, 1.54) is 12.1 Å². The molecule has 0 spiro atoms. The number of benzene rings is 1. The topological polar surface area (TPSA) is 81.7 Å². The lowest BCUT2D eigenvalue weighted by atomic mass is 10.2. The summed E-state index contributed by atoms with van der Waals surface area (Å²) in [7, 11) is -3.83. The van der Waals surface area contributed by atoms with Crippen LogP contribution in [0, 0.1) is 6.92 Å².